The van der Waals surface area contributed by atoms with E-state index in [0.29, 0.717) is 18.8 Å². The van der Waals surface area contributed by atoms with Crippen molar-refractivity contribution in [1.82, 2.24) is 5.32 Å². The summed E-state index contributed by atoms with van der Waals surface area (Å²) in [7, 11) is 0. The molecule has 14 heavy (non-hydrogen) atoms. The van der Waals surface area contributed by atoms with Crippen molar-refractivity contribution in [3.05, 3.63) is 0 Å². The van der Waals surface area contributed by atoms with E-state index in [1.54, 1.807) is 0 Å². The normalized spacial score (nSPS) is 11.4. The first-order valence-corrected chi connectivity index (χ1v) is 4.88. The van der Waals surface area contributed by atoms with Gasteiger partial charge in [0.05, 0.1) is 6.42 Å². The van der Waals surface area contributed by atoms with Crippen molar-refractivity contribution in [2.45, 2.75) is 31.9 Å². The second-order valence-electron chi connectivity index (χ2n) is 2.86. The highest BCUT2D eigenvalue weighted by atomic mass is 35.5. The fourth-order valence-corrected chi connectivity index (χ4v) is 0.980. The third-order valence-electron chi connectivity index (χ3n) is 1.52. The molecule has 0 aliphatic rings. The lowest BCUT2D eigenvalue weighted by Gasteiger charge is -2.06. The van der Waals surface area contributed by atoms with E-state index in [9.17, 15) is 18.0 Å². The third-order valence-corrected chi connectivity index (χ3v) is 1.79. The second kappa shape index (κ2) is 6.92. The monoisotopic (exact) mass is 231 g/mol. The zero-order valence-electron chi connectivity index (χ0n) is 7.66. The molecular weight excluding hydrogens is 219 g/mol. The maximum Gasteiger partial charge on any atom is 0.389 e. The molecule has 0 spiro atoms. The Bertz CT molecular complexity index is 172. The number of unbranched alkanes of at least 4 members (excludes halogenated alkanes) is 1. The van der Waals surface area contributed by atoms with Crippen LogP contribution in [0.4, 0.5) is 13.2 Å². The summed E-state index contributed by atoms with van der Waals surface area (Å²) >= 11 is 5.38. The van der Waals surface area contributed by atoms with Crippen molar-refractivity contribution >= 4 is 17.5 Å². The number of hydrogen-bond acceptors (Lipinski definition) is 1. The van der Waals surface area contributed by atoms with Crippen LogP contribution in [-0.4, -0.2) is 24.5 Å². The summed E-state index contributed by atoms with van der Waals surface area (Å²) in [5.41, 5.74) is 0. The van der Waals surface area contributed by atoms with Crippen molar-refractivity contribution in [3.8, 4) is 0 Å². The van der Waals surface area contributed by atoms with E-state index in [2.05, 4.69) is 5.32 Å². The van der Waals surface area contributed by atoms with E-state index >= 15 is 0 Å². The Morgan fingerprint density at radius 2 is 1.93 bits per heavy atom. The van der Waals surface area contributed by atoms with Gasteiger partial charge in [0, 0.05) is 18.8 Å². The minimum Gasteiger partial charge on any atom is -0.356 e. The van der Waals surface area contributed by atoms with Crippen molar-refractivity contribution < 1.29 is 18.0 Å². The Kier molecular flexibility index (Phi) is 6.70. The summed E-state index contributed by atoms with van der Waals surface area (Å²) in [6.07, 6.45) is -4.37. The summed E-state index contributed by atoms with van der Waals surface area (Å²) < 4.78 is 35.0. The minimum atomic E-state index is -4.26. The van der Waals surface area contributed by atoms with E-state index in [4.69, 9.17) is 11.6 Å². The number of carbonyl (C=O) groups excluding carboxylic acids is 1. The smallest absolute Gasteiger partial charge is 0.356 e. The van der Waals surface area contributed by atoms with Crippen LogP contribution < -0.4 is 5.32 Å². The minimum absolute atomic E-state index is 0.392. The summed E-state index contributed by atoms with van der Waals surface area (Å²) in [4.78, 5) is 10.8. The molecule has 0 aromatic rings. The topological polar surface area (TPSA) is 29.1 Å². The van der Waals surface area contributed by atoms with Crippen molar-refractivity contribution in [2.24, 2.45) is 0 Å². The molecule has 0 aromatic carbocycles. The molecule has 0 aliphatic heterocycles. The molecule has 1 amide bonds. The zero-order chi connectivity index (χ0) is 11.0. The van der Waals surface area contributed by atoms with E-state index in [-0.39, 0.29) is 0 Å². The van der Waals surface area contributed by atoms with Crippen LogP contribution in [0.3, 0.4) is 0 Å². The van der Waals surface area contributed by atoms with Gasteiger partial charge in [-0.3, -0.25) is 4.79 Å². The quantitative estimate of drug-likeness (QED) is 0.552. The van der Waals surface area contributed by atoms with Crippen LogP contribution in [0.25, 0.3) is 0 Å². The van der Waals surface area contributed by atoms with Gasteiger partial charge in [-0.2, -0.15) is 13.2 Å². The first kappa shape index (κ1) is 13.5. The molecule has 0 bridgehead atoms. The van der Waals surface area contributed by atoms with Gasteiger partial charge in [0.2, 0.25) is 5.91 Å². The Hall–Kier alpha value is -0.450. The van der Waals surface area contributed by atoms with E-state index < -0.39 is 24.9 Å². The van der Waals surface area contributed by atoms with E-state index in [1.807, 2.05) is 0 Å². The van der Waals surface area contributed by atoms with Gasteiger partial charge in [0.25, 0.3) is 0 Å². The molecule has 0 radical (unpaired) electrons. The summed E-state index contributed by atoms with van der Waals surface area (Å²) in [6.45, 7) is 0.392. The molecule has 0 unspecified atom stereocenters. The van der Waals surface area contributed by atoms with Crippen molar-refractivity contribution in [1.29, 1.82) is 0 Å². The number of rotatable bonds is 6. The number of hydrogen-bond donors (Lipinski definition) is 1. The molecule has 0 fully saturated rings. The fourth-order valence-electron chi connectivity index (χ4n) is 0.791. The van der Waals surface area contributed by atoms with Gasteiger partial charge in [-0.25, -0.2) is 0 Å². The highest BCUT2D eigenvalue weighted by molar-refractivity contribution is 6.17. The molecule has 1 N–H and O–H groups in total. The van der Waals surface area contributed by atoms with Gasteiger partial charge in [-0.1, -0.05) is 0 Å². The molecule has 0 saturated carbocycles. The van der Waals surface area contributed by atoms with Crippen LogP contribution in [0.5, 0.6) is 0 Å². The number of nitrogens with one attached hydrogen (secondary N) is 1. The highest BCUT2D eigenvalue weighted by Crippen LogP contribution is 2.20. The van der Waals surface area contributed by atoms with Gasteiger partial charge in [0.15, 0.2) is 0 Å². The standard InChI is InChI=1S/C8H13ClF3NO/c9-5-1-2-6-13-7(14)3-4-8(10,11)12/h1-6H2,(H,13,14). The summed E-state index contributed by atoms with van der Waals surface area (Å²) in [5, 5.41) is 2.39. The Morgan fingerprint density at radius 3 is 2.43 bits per heavy atom. The van der Waals surface area contributed by atoms with Crippen LogP contribution >= 0.6 is 11.6 Å². The lowest BCUT2D eigenvalue weighted by Crippen LogP contribution is -2.25. The summed E-state index contributed by atoms with van der Waals surface area (Å²) in [5.74, 6) is -0.0600. The molecular formula is C8H13ClF3NO. The number of amides is 1. The predicted octanol–water partition coefficient (Wildman–Crippen LogP) is 2.46. The van der Waals surface area contributed by atoms with Gasteiger partial charge < -0.3 is 5.32 Å². The Morgan fingerprint density at radius 1 is 1.29 bits per heavy atom. The first-order chi connectivity index (χ1) is 6.45. The van der Waals surface area contributed by atoms with Crippen LogP contribution in [0.2, 0.25) is 0 Å². The molecule has 6 heteroatoms. The number of alkyl halides is 4. The maximum atomic E-state index is 11.7. The molecule has 0 aliphatic carbocycles. The lowest BCUT2D eigenvalue weighted by molar-refractivity contribution is -0.144. The fraction of sp³-hybridized carbons (Fsp3) is 0.875. The maximum absolute atomic E-state index is 11.7. The van der Waals surface area contributed by atoms with Crippen LogP contribution in [-0.2, 0) is 4.79 Å². The van der Waals surface area contributed by atoms with Crippen molar-refractivity contribution in [3.63, 3.8) is 0 Å². The van der Waals surface area contributed by atoms with Crippen molar-refractivity contribution in [2.75, 3.05) is 12.4 Å². The SMILES string of the molecule is O=C(CCC(F)(F)F)NCCCCCl. The summed E-state index contributed by atoms with van der Waals surface area (Å²) in [6, 6.07) is 0. The Labute approximate surface area is 85.8 Å². The predicted molar refractivity (Wildman–Crippen MR) is 48.3 cm³/mol. The second-order valence-corrected chi connectivity index (χ2v) is 3.24. The lowest BCUT2D eigenvalue weighted by atomic mass is 10.3. The molecule has 0 aromatic heterocycles. The average Bonchev–Trinajstić information content (AvgIpc) is 2.08. The van der Waals surface area contributed by atoms with E-state index in [0.717, 1.165) is 6.42 Å². The molecule has 0 rings (SSSR count). The molecule has 0 saturated heterocycles. The number of carbonyl (C=O) groups is 1. The molecule has 2 nitrogen and oxygen atoms in total. The van der Waals surface area contributed by atoms with E-state index in [1.165, 1.54) is 0 Å². The number of halogens is 4. The van der Waals surface area contributed by atoms with Crippen LogP contribution in [0.15, 0.2) is 0 Å². The highest BCUT2D eigenvalue weighted by Gasteiger charge is 2.27. The Balaban J connectivity index is 3.38. The third kappa shape index (κ3) is 9.64. The van der Waals surface area contributed by atoms with Crippen LogP contribution in [0.1, 0.15) is 25.7 Å². The average molecular weight is 232 g/mol. The largest absolute Gasteiger partial charge is 0.389 e. The zero-order valence-corrected chi connectivity index (χ0v) is 8.42. The van der Waals surface area contributed by atoms with Gasteiger partial charge >= 0.3 is 6.18 Å². The molecule has 0 atom stereocenters. The van der Waals surface area contributed by atoms with Gasteiger partial charge in [0.1, 0.15) is 0 Å². The molecule has 0 heterocycles. The molecule has 84 valence electrons. The first-order valence-electron chi connectivity index (χ1n) is 4.35. The van der Waals surface area contributed by atoms with Crippen LogP contribution in [0, 0.1) is 0 Å². The van der Waals surface area contributed by atoms with Gasteiger partial charge in [-0.15, -0.1) is 11.6 Å². The van der Waals surface area contributed by atoms with Gasteiger partial charge in [-0.05, 0) is 12.8 Å².